The first-order chi connectivity index (χ1) is 7.84. The molecule has 0 atom stereocenters. The molecule has 1 aliphatic heterocycles. The Bertz CT molecular complexity index is 497. The van der Waals surface area contributed by atoms with Gasteiger partial charge in [0.2, 0.25) is 0 Å². The smallest absolute Gasteiger partial charge is 0.116 e. The van der Waals surface area contributed by atoms with Gasteiger partial charge in [0.1, 0.15) is 5.82 Å². The van der Waals surface area contributed by atoms with Crippen LogP contribution in [-0.4, -0.2) is 22.5 Å². The van der Waals surface area contributed by atoms with E-state index in [0.717, 1.165) is 43.0 Å². The van der Waals surface area contributed by atoms with Crippen LogP contribution >= 0.6 is 0 Å². The van der Waals surface area contributed by atoms with Crippen LogP contribution in [0, 0.1) is 0 Å². The highest BCUT2D eigenvalue weighted by Gasteiger charge is 2.19. The van der Waals surface area contributed by atoms with Crippen molar-refractivity contribution in [1.29, 1.82) is 0 Å². The quantitative estimate of drug-likeness (QED) is 0.757. The second-order valence-corrected chi connectivity index (χ2v) is 4.40. The molecule has 4 heteroatoms. The van der Waals surface area contributed by atoms with E-state index < -0.39 is 0 Å². The molecule has 0 aromatic carbocycles. The van der Waals surface area contributed by atoms with E-state index in [-0.39, 0.29) is 0 Å². The fraction of sp³-hybridized carbons (Fsp3) is 0.417. The highest BCUT2D eigenvalue weighted by atomic mass is 15.0. The van der Waals surface area contributed by atoms with Gasteiger partial charge in [0, 0.05) is 17.8 Å². The Morgan fingerprint density at radius 3 is 2.94 bits per heavy atom. The number of rotatable bonds is 1. The summed E-state index contributed by atoms with van der Waals surface area (Å²) in [4.78, 5) is 4.54. The minimum atomic E-state index is 0.561. The van der Waals surface area contributed by atoms with E-state index in [4.69, 9.17) is 5.73 Å². The minimum absolute atomic E-state index is 0.561. The molecule has 2 aromatic heterocycles. The van der Waals surface area contributed by atoms with Crippen LogP contribution < -0.4 is 11.1 Å². The Hall–Kier alpha value is -1.55. The number of nitrogens with two attached hydrogens (primary N) is 1. The fourth-order valence-corrected chi connectivity index (χ4v) is 2.41. The van der Waals surface area contributed by atoms with Gasteiger partial charge in [-0.3, -0.25) is 0 Å². The first kappa shape index (κ1) is 9.66. The highest BCUT2D eigenvalue weighted by Crippen LogP contribution is 2.25. The van der Waals surface area contributed by atoms with Crippen LogP contribution in [0.4, 0.5) is 5.69 Å². The van der Waals surface area contributed by atoms with Crippen LogP contribution in [0.1, 0.15) is 24.6 Å². The lowest BCUT2D eigenvalue weighted by molar-refractivity contribution is 0.444. The molecule has 3 rings (SSSR count). The fourth-order valence-electron chi connectivity index (χ4n) is 2.41. The molecule has 0 amide bonds. The molecule has 1 saturated heterocycles. The summed E-state index contributed by atoms with van der Waals surface area (Å²) in [6, 6.07) is 3.94. The number of hydrogen-bond donors (Lipinski definition) is 2. The third-order valence-electron chi connectivity index (χ3n) is 3.28. The van der Waals surface area contributed by atoms with Gasteiger partial charge in [-0.05, 0) is 38.1 Å². The highest BCUT2D eigenvalue weighted by molar-refractivity contribution is 5.52. The number of piperidine rings is 1. The van der Waals surface area contributed by atoms with Crippen LogP contribution in [0.15, 0.2) is 24.5 Å². The van der Waals surface area contributed by atoms with E-state index in [1.165, 1.54) is 0 Å². The van der Waals surface area contributed by atoms with Crippen LogP contribution in [-0.2, 0) is 0 Å². The topological polar surface area (TPSA) is 55.3 Å². The molecule has 0 unspecified atom stereocenters. The van der Waals surface area contributed by atoms with Crippen molar-refractivity contribution in [1.82, 2.24) is 14.7 Å². The van der Waals surface area contributed by atoms with Crippen LogP contribution in [0.3, 0.4) is 0 Å². The van der Waals surface area contributed by atoms with Crippen molar-refractivity contribution in [2.24, 2.45) is 0 Å². The summed E-state index contributed by atoms with van der Waals surface area (Å²) in [6.07, 6.45) is 6.22. The third kappa shape index (κ3) is 1.55. The molecular weight excluding hydrogens is 200 g/mol. The van der Waals surface area contributed by atoms with Gasteiger partial charge in [-0.2, -0.15) is 0 Å². The van der Waals surface area contributed by atoms with E-state index in [0.29, 0.717) is 5.92 Å². The predicted octanol–water partition coefficient (Wildman–Crippen LogP) is 1.38. The van der Waals surface area contributed by atoms with Crippen molar-refractivity contribution >= 4 is 11.2 Å². The monoisotopic (exact) mass is 216 g/mol. The van der Waals surface area contributed by atoms with Gasteiger partial charge in [-0.1, -0.05) is 0 Å². The molecular formula is C12H16N4. The van der Waals surface area contributed by atoms with Crippen molar-refractivity contribution in [2.75, 3.05) is 18.8 Å². The Morgan fingerprint density at radius 2 is 2.12 bits per heavy atom. The minimum Gasteiger partial charge on any atom is -0.398 e. The van der Waals surface area contributed by atoms with E-state index in [2.05, 4.69) is 14.7 Å². The lowest BCUT2D eigenvalue weighted by atomic mass is 9.97. The Labute approximate surface area is 94.5 Å². The lowest BCUT2D eigenvalue weighted by Gasteiger charge is -2.21. The Balaban J connectivity index is 2.05. The molecule has 1 aliphatic rings. The maximum atomic E-state index is 5.82. The van der Waals surface area contributed by atoms with E-state index >= 15 is 0 Å². The molecule has 84 valence electrons. The van der Waals surface area contributed by atoms with Gasteiger partial charge in [0.15, 0.2) is 0 Å². The normalized spacial score (nSPS) is 18.0. The van der Waals surface area contributed by atoms with Crippen LogP contribution in [0.5, 0.6) is 0 Å². The van der Waals surface area contributed by atoms with Gasteiger partial charge in [0.25, 0.3) is 0 Å². The van der Waals surface area contributed by atoms with Crippen molar-refractivity contribution in [3.8, 4) is 0 Å². The first-order valence-corrected chi connectivity index (χ1v) is 5.78. The molecule has 2 aromatic rings. The number of pyridine rings is 1. The Morgan fingerprint density at radius 1 is 1.31 bits per heavy atom. The zero-order valence-corrected chi connectivity index (χ0v) is 9.19. The number of imidazole rings is 1. The van der Waals surface area contributed by atoms with Crippen LogP contribution in [0.25, 0.3) is 5.52 Å². The van der Waals surface area contributed by atoms with Gasteiger partial charge >= 0.3 is 0 Å². The number of hydrogen-bond acceptors (Lipinski definition) is 3. The summed E-state index contributed by atoms with van der Waals surface area (Å²) >= 11 is 0. The number of anilines is 1. The summed E-state index contributed by atoms with van der Waals surface area (Å²) < 4.78 is 2.13. The number of nitrogen functional groups attached to an aromatic ring is 1. The number of nitrogens with one attached hydrogen (secondary N) is 1. The van der Waals surface area contributed by atoms with Crippen molar-refractivity contribution < 1.29 is 0 Å². The van der Waals surface area contributed by atoms with Crippen molar-refractivity contribution in [3.63, 3.8) is 0 Å². The summed E-state index contributed by atoms with van der Waals surface area (Å²) in [5.41, 5.74) is 7.74. The predicted molar refractivity (Wildman–Crippen MR) is 64.4 cm³/mol. The van der Waals surface area contributed by atoms with E-state index in [9.17, 15) is 0 Å². The first-order valence-electron chi connectivity index (χ1n) is 5.78. The second kappa shape index (κ2) is 3.79. The molecule has 0 bridgehead atoms. The van der Waals surface area contributed by atoms with E-state index in [1.807, 2.05) is 24.5 Å². The average Bonchev–Trinajstić information content (AvgIpc) is 2.73. The SMILES string of the molecule is Nc1ccc2cnc(C3CCNCC3)n2c1. The summed E-state index contributed by atoms with van der Waals surface area (Å²) in [7, 11) is 0. The standard InChI is InChI=1S/C12H16N4/c13-10-1-2-11-7-15-12(16(11)8-10)9-3-5-14-6-4-9/h1-2,7-9,14H,3-6,13H2. The average molecular weight is 216 g/mol. The zero-order chi connectivity index (χ0) is 11.0. The molecule has 1 fully saturated rings. The number of fused-ring (bicyclic) bond motifs is 1. The molecule has 4 nitrogen and oxygen atoms in total. The maximum Gasteiger partial charge on any atom is 0.116 e. The lowest BCUT2D eigenvalue weighted by Crippen LogP contribution is -2.27. The summed E-state index contributed by atoms with van der Waals surface area (Å²) in [6.45, 7) is 2.17. The number of nitrogens with zero attached hydrogens (tertiary/aromatic N) is 2. The maximum absolute atomic E-state index is 5.82. The molecule has 0 saturated carbocycles. The second-order valence-electron chi connectivity index (χ2n) is 4.40. The molecule has 3 N–H and O–H groups in total. The summed E-state index contributed by atoms with van der Waals surface area (Å²) in [5, 5.41) is 3.37. The van der Waals surface area contributed by atoms with E-state index in [1.54, 1.807) is 0 Å². The van der Waals surface area contributed by atoms with Crippen molar-refractivity contribution in [2.45, 2.75) is 18.8 Å². The molecule has 0 spiro atoms. The molecule has 16 heavy (non-hydrogen) atoms. The summed E-state index contributed by atoms with van der Waals surface area (Å²) in [5.74, 6) is 1.72. The van der Waals surface area contributed by atoms with Gasteiger partial charge < -0.3 is 15.5 Å². The molecule has 3 heterocycles. The van der Waals surface area contributed by atoms with Crippen LogP contribution in [0.2, 0.25) is 0 Å². The Kier molecular flexibility index (Phi) is 2.29. The van der Waals surface area contributed by atoms with Gasteiger partial charge in [-0.25, -0.2) is 4.98 Å². The molecule has 0 aliphatic carbocycles. The van der Waals surface area contributed by atoms with Gasteiger partial charge in [-0.15, -0.1) is 0 Å². The largest absolute Gasteiger partial charge is 0.398 e. The third-order valence-corrected chi connectivity index (χ3v) is 3.28. The zero-order valence-electron chi connectivity index (χ0n) is 9.19. The van der Waals surface area contributed by atoms with Crippen molar-refractivity contribution in [3.05, 3.63) is 30.4 Å². The molecule has 0 radical (unpaired) electrons. The number of aromatic nitrogens is 2. The van der Waals surface area contributed by atoms with Gasteiger partial charge in [0.05, 0.1) is 11.7 Å².